The number of nitrogens with zero attached hydrogens (tertiary/aromatic N) is 4. The van der Waals surface area contributed by atoms with Gasteiger partial charge in [0.2, 0.25) is 0 Å². The first-order valence-corrected chi connectivity index (χ1v) is 6.11. The van der Waals surface area contributed by atoms with E-state index in [1.165, 1.54) is 6.07 Å². The molecule has 7 nitrogen and oxygen atoms in total. The molecule has 0 saturated heterocycles. The Balaban J connectivity index is 1.87. The summed E-state index contributed by atoms with van der Waals surface area (Å²) in [5.41, 5.74) is 0.598. The van der Waals surface area contributed by atoms with E-state index in [1.54, 1.807) is 16.7 Å². The van der Waals surface area contributed by atoms with Crippen molar-refractivity contribution in [2.45, 2.75) is 6.54 Å². The maximum atomic E-state index is 13.1. The summed E-state index contributed by atoms with van der Waals surface area (Å²) in [6.45, 7) is 0.234. The van der Waals surface area contributed by atoms with Crippen molar-refractivity contribution in [3.8, 4) is 0 Å². The Labute approximate surface area is 118 Å². The molecule has 0 aliphatic heterocycles. The molecule has 0 aliphatic carbocycles. The van der Waals surface area contributed by atoms with E-state index in [0.29, 0.717) is 11.5 Å². The molecule has 0 saturated carbocycles. The Kier molecular flexibility index (Phi) is 3.19. The van der Waals surface area contributed by atoms with Gasteiger partial charge in [-0.05, 0) is 24.3 Å². The van der Waals surface area contributed by atoms with Crippen LogP contribution in [0.4, 0.5) is 15.8 Å². The number of benzene rings is 1. The molecule has 21 heavy (non-hydrogen) atoms. The van der Waals surface area contributed by atoms with Gasteiger partial charge in [-0.2, -0.15) is 0 Å². The summed E-state index contributed by atoms with van der Waals surface area (Å²) < 4.78 is 14.8. The number of aromatic nitrogens is 3. The largest absolute Gasteiger partial charge is 0.372 e. The van der Waals surface area contributed by atoms with Crippen LogP contribution in [-0.2, 0) is 6.54 Å². The van der Waals surface area contributed by atoms with Crippen molar-refractivity contribution in [1.29, 1.82) is 0 Å². The van der Waals surface area contributed by atoms with Crippen LogP contribution in [-0.4, -0.2) is 19.5 Å². The lowest BCUT2D eigenvalue weighted by molar-refractivity contribution is -0.384. The minimum atomic E-state index is -0.653. The van der Waals surface area contributed by atoms with Crippen molar-refractivity contribution in [3.63, 3.8) is 0 Å². The second-order valence-electron chi connectivity index (χ2n) is 4.32. The zero-order valence-electron chi connectivity index (χ0n) is 10.7. The van der Waals surface area contributed by atoms with E-state index in [1.807, 2.05) is 12.1 Å². The van der Waals surface area contributed by atoms with Crippen LogP contribution in [0.25, 0.3) is 5.65 Å². The quantitative estimate of drug-likeness (QED) is 0.588. The molecule has 3 rings (SSSR count). The van der Waals surface area contributed by atoms with Crippen LogP contribution in [0.5, 0.6) is 0 Å². The summed E-state index contributed by atoms with van der Waals surface area (Å²) in [4.78, 5) is 10.3. The highest BCUT2D eigenvalue weighted by Gasteiger charge is 2.15. The number of hydrogen-bond donors (Lipinski definition) is 1. The standard InChI is InChI=1S/C13H10FN5O2/c14-9-4-5-10(11(7-9)19(20)21)15-8-13-17-16-12-3-1-2-6-18(12)13/h1-7,15H,8H2. The number of halogens is 1. The zero-order valence-corrected chi connectivity index (χ0v) is 10.7. The molecule has 2 aromatic heterocycles. The van der Waals surface area contributed by atoms with E-state index in [4.69, 9.17) is 0 Å². The van der Waals surface area contributed by atoms with Crippen LogP contribution in [0.1, 0.15) is 5.82 Å². The molecular formula is C13H10FN5O2. The molecule has 0 atom stereocenters. The summed E-state index contributed by atoms with van der Waals surface area (Å²) in [6, 6.07) is 8.85. The van der Waals surface area contributed by atoms with Crippen molar-refractivity contribution in [2.24, 2.45) is 0 Å². The van der Waals surface area contributed by atoms with Crippen LogP contribution in [0, 0.1) is 15.9 Å². The first-order chi connectivity index (χ1) is 10.1. The van der Waals surface area contributed by atoms with Gasteiger partial charge < -0.3 is 5.32 Å². The van der Waals surface area contributed by atoms with Gasteiger partial charge in [-0.25, -0.2) is 4.39 Å². The van der Waals surface area contributed by atoms with E-state index < -0.39 is 10.7 Å². The highest BCUT2D eigenvalue weighted by Crippen LogP contribution is 2.25. The number of anilines is 1. The molecule has 0 unspecified atom stereocenters. The topological polar surface area (TPSA) is 85.4 Å². The van der Waals surface area contributed by atoms with Gasteiger partial charge in [-0.3, -0.25) is 14.5 Å². The summed E-state index contributed by atoms with van der Waals surface area (Å²) in [6.07, 6.45) is 1.80. The third-order valence-electron chi connectivity index (χ3n) is 2.98. The molecule has 0 aliphatic rings. The number of fused-ring (bicyclic) bond motifs is 1. The lowest BCUT2D eigenvalue weighted by Crippen LogP contribution is -2.06. The fourth-order valence-electron chi connectivity index (χ4n) is 1.99. The minimum absolute atomic E-state index is 0.231. The van der Waals surface area contributed by atoms with Crippen molar-refractivity contribution in [3.05, 3.63) is 64.4 Å². The van der Waals surface area contributed by atoms with Crippen molar-refractivity contribution in [2.75, 3.05) is 5.32 Å². The molecule has 2 heterocycles. The molecule has 8 heteroatoms. The third-order valence-corrected chi connectivity index (χ3v) is 2.98. The van der Waals surface area contributed by atoms with Crippen LogP contribution in [0.15, 0.2) is 42.6 Å². The van der Waals surface area contributed by atoms with Gasteiger partial charge in [-0.15, -0.1) is 10.2 Å². The van der Waals surface area contributed by atoms with Gasteiger partial charge in [0.25, 0.3) is 5.69 Å². The van der Waals surface area contributed by atoms with Gasteiger partial charge in [0.1, 0.15) is 11.5 Å². The second-order valence-corrected chi connectivity index (χ2v) is 4.32. The van der Waals surface area contributed by atoms with Crippen LogP contribution in [0.2, 0.25) is 0 Å². The monoisotopic (exact) mass is 287 g/mol. The summed E-state index contributed by atoms with van der Waals surface area (Å²) in [7, 11) is 0. The number of nitro benzene ring substituents is 1. The van der Waals surface area contributed by atoms with Crippen LogP contribution >= 0.6 is 0 Å². The van der Waals surface area contributed by atoms with Gasteiger partial charge in [-0.1, -0.05) is 6.07 Å². The number of rotatable bonds is 4. The average Bonchev–Trinajstić information content (AvgIpc) is 2.89. The molecule has 0 bridgehead atoms. The molecule has 3 aromatic rings. The first kappa shape index (κ1) is 13.0. The fourth-order valence-corrected chi connectivity index (χ4v) is 1.99. The molecule has 106 valence electrons. The normalized spacial score (nSPS) is 10.7. The SMILES string of the molecule is O=[N+]([O-])c1cc(F)ccc1NCc1nnc2ccccn12. The van der Waals surface area contributed by atoms with E-state index in [-0.39, 0.29) is 17.9 Å². The molecule has 0 fully saturated rings. The van der Waals surface area contributed by atoms with Crippen molar-refractivity contribution in [1.82, 2.24) is 14.6 Å². The van der Waals surface area contributed by atoms with Crippen molar-refractivity contribution < 1.29 is 9.31 Å². The molecule has 1 aromatic carbocycles. The Morgan fingerprint density at radius 1 is 1.29 bits per heavy atom. The number of hydrogen-bond acceptors (Lipinski definition) is 5. The van der Waals surface area contributed by atoms with E-state index in [2.05, 4.69) is 15.5 Å². The van der Waals surface area contributed by atoms with Gasteiger partial charge >= 0.3 is 0 Å². The average molecular weight is 287 g/mol. The molecule has 0 amide bonds. The Morgan fingerprint density at radius 3 is 2.95 bits per heavy atom. The lowest BCUT2D eigenvalue weighted by atomic mass is 10.2. The Hall–Kier alpha value is -3.03. The Bertz CT molecular complexity index is 817. The Morgan fingerprint density at radius 2 is 2.14 bits per heavy atom. The highest BCUT2D eigenvalue weighted by atomic mass is 19.1. The number of nitro groups is 1. The molecule has 0 spiro atoms. The highest BCUT2D eigenvalue weighted by molar-refractivity contribution is 5.61. The summed E-state index contributed by atoms with van der Waals surface area (Å²) in [5, 5.41) is 21.8. The van der Waals surface area contributed by atoms with E-state index in [9.17, 15) is 14.5 Å². The van der Waals surface area contributed by atoms with Gasteiger partial charge in [0.05, 0.1) is 17.5 Å². The fraction of sp³-hybridized carbons (Fsp3) is 0.0769. The third kappa shape index (κ3) is 2.50. The maximum Gasteiger partial charge on any atom is 0.295 e. The van der Waals surface area contributed by atoms with Crippen LogP contribution in [0.3, 0.4) is 0 Å². The van der Waals surface area contributed by atoms with Crippen LogP contribution < -0.4 is 5.32 Å². The summed E-state index contributed by atoms with van der Waals surface area (Å²) in [5.74, 6) is -0.0515. The van der Waals surface area contributed by atoms with E-state index >= 15 is 0 Å². The smallest absolute Gasteiger partial charge is 0.295 e. The summed E-state index contributed by atoms with van der Waals surface area (Å²) >= 11 is 0. The lowest BCUT2D eigenvalue weighted by Gasteiger charge is -2.06. The second kappa shape index (κ2) is 5.16. The van der Waals surface area contributed by atoms with Crippen molar-refractivity contribution >= 4 is 17.0 Å². The molecule has 1 N–H and O–H groups in total. The molecular weight excluding hydrogens is 277 g/mol. The minimum Gasteiger partial charge on any atom is -0.372 e. The number of pyridine rings is 1. The predicted octanol–water partition coefficient (Wildman–Crippen LogP) is 2.39. The van der Waals surface area contributed by atoms with Gasteiger partial charge in [0.15, 0.2) is 11.5 Å². The maximum absolute atomic E-state index is 13.1. The first-order valence-electron chi connectivity index (χ1n) is 6.11. The van der Waals surface area contributed by atoms with Gasteiger partial charge in [0, 0.05) is 6.20 Å². The zero-order chi connectivity index (χ0) is 14.8. The predicted molar refractivity (Wildman–Crippen MR) is 73.4 cm³/mol. The van der Waals surface area contributed by atoms with E-state index in [0.717, 1.165) is 12.1 Å². The molecule has 0 radical (unpaired) electrons. The number of nitrogens with one attached hydrogen (secondary N) is 1.